The molecule has 28 heavy (non-hydrogen) atoms. The van der Waals surface area contributed by atoms with Crippen molar-refractivity contribution in [2.24, 2.45) is 0 Å². The van der Waals surface area contributed by atoms with Crippen molar-refractivity contribution in [2.45, 2.75) is 30.6 Å². The number of amides is 2. The summed E-state index contributed by atoms with van der Waals surface area (Å²) in [6, 6.07) is 6.69. The maximum absolute atomic E-state index is 12.2. The molecule has 0 saturated carbocycles. The first-order valence-electron chi connectivity index (χ1n) is 8.95. The summed E-state index contributed by atoms with van der Waals surface area (Å²) in [4.78, 5) is 37.5. The number of aromatic amines is 1. The van der Waals surface area contributed by atoms with Crippen LogP contribution >= 0.6 is 11.8 Å². The van der Waals surface area contributed by atoms with E-state index in [4.69, 9.17) is 4.74 Å². The molecule has 2 aromatic rings. The summed E-state index contributed by atoms with van der Waals surface area (Å²) in [6.07, 6.45) is 1.90. The molecular weight excluding hydrogens is 382 g/mol. The number of ether oxygens (including phenoxy) is 1. The lowest BCUT2D eigenvalue weighted by molar-refractivity contribution is -0.113. The second kappa shape index (κ2) is 9.07. The largest absolute Gasteiger partial charge is 0.376 e. The van der Waals surface area contributed by atoms with Crippen LogP contribution in [-0.2, 0) is 16.1 Å². The molecule has 1 saturated heterocycles. The van der Waals surface area contributed by atoms with Gasteiger partial charge in [0.25, 0.3) is 5.91 Å². The monoisotopic (exact) mass is 405 g/mol. The highest BCUT2D eigenvalue weighted by atomic mass is 32.2. The molecule has 1 aliphatic heterocycles. The van der Waals surface area contributed by atoms with E-state index in [9.17, 15) is 14.4 Å². The van der Waals surface area contributed by atoms with Crippen LogP contribution in [-0.4, -0.2) is 64.0 Å². The average Bonchev–Trinajstić information content (AvgIpc) is 3.31. The van der Waals surface area contributed by atoms with Crippen molar-refractivity contribution in [3.63, 3.8) is 0 Å². The molecule has 1 aromatic carbocycles. The highest BCUT2D eigenvalue weighted by Crippen LogP contribution is 2.18. The molecule has 1 atom stereocenters. The molecule has 0 spiro atoms. The van der Waals surface area contributed by atoms with Crippen LogP contribution in [0.5, 0.6) is 0 Å². The summed E-state index contributed by atoms with van der Waals surface area (Å²) in [5.41, 5.74) is 0.839. The molecule has 2 heterocycles. The van der Waals surface area contributed by atoms with Crippen LogP contribution in [0.1, 0.15) is 23.2 Å². The van der Waals surface area contributed by atoms with Crippen LogP contribution in [0.4, 0.5) is 5.69 Å². The highest BCUT2D eigenvalue weighted by Gasteiger charge is 2.20. The predicted molar refractivity (Wildman–Crippen MR) is 106 cm³/mol. The minimum absolute atomic E-state index is 0.00636. The van der Waals surface area contributed by atoms with Gasteiger partial charge in [-0.2, -0.15) is 0 Å². The van der Waals surface area contributed by atoms with Crippen molar-refractivity contribution in [3.8, 4) is 0 Å². The Bertz CT molecular complexity index is 884. The SMILES string of the molecule is CN(C)C(=O)c1ccc(NC(=O)CSc2n[nH]c(=O)n2CC2CCCO2)cc1. The molecule has 0 aliphatic carbocycles. The van der Waals surface area contributed by atoms with Crippen LogP contribution in [0.2, 0.25) is 0 Å². The molecule has 0 bridgehead atoms. The van der Waals surface area contributed by atoms with Gasteiger partial charge in [-0.05, 0) is 37.1 Å². The van der Waals surface area contributed by atoms with Gasteiger partial charge in [-0.15, -0.1) is 5.10 Å². The fourth-order valence-corrected chi connectivity index (χ4v) is 3.60. The Labute approximate surface area is 166 Å². The molecule has 1 fully saturated rings. The Balaban J connectivity index is 1.54. The zero-order chi connectivity index (χ0) is 20.1. The summed E-state index contributed by atoms with van der Waals surface area (Å²) in [6.45, 7) is 1.14. The van der Waals surface area contributed by atoms with Crippen LogP contribution in [0.15, 0.2) is 34.2 Å². The summed E-state index contributed by atoms with van der Waals surface area (Å²) in [7, 11) is 3.37. The van der Waals surface area contributed by atoms with E-state index in [1.54, 1.807) is 38.4 Å². The van der Waals surface area contributed by atoms with E-state index >= 15 is 0 Å². The molecule has 1 unspecified atom stereocenters. The second-order valence-electron chi connectivity index (χ2n) is 6.67. The van der Waals surface area contributed by atoms with E-state index in [1.165, 1.54) is 21.2 Å². The fraction of sp³-hybridized carbons (Fsp3) is 0.444. The van der Waals surface area contributed by atoms with E-state index in [1.807, 2.05) is 0 Å². The summed E-state index contributed by atoms with van der Waals surface area (Å²) in [5, 5.41) is 9.65. The summed E-state index contributed by atoms with van der Waals surface area (Å²) < 4.78 is 7.07. The zero-order valence-electron chi connectivity index (χ0n) is 15.8. The highest BCUT2D eigenvalue weighted by molar-refractivity contribution is 7.99. The standard InChI is InChI=1S/C18H23N5O4S/c1-22(2)16(25)12-5-7-13(8-6-12)19-15(24)11-28-18-21-20-17(26)23(18)10-14-4-3-9-27-14/h5-8,14H,3-4,9-11H2,1-2H3,(H,19,24)(H,20,26). The first-order chi connectivity index (χ1) is 13.4. The third-order valence-corrected chi connectivity index (χ3v) is 5.26. The molecule has 9 nitrogen and oxygen atoms in total. The number of anilines is 1. The van der Waals surface area contributed by atoms with Crippen molar-refractivity contribution in [3.05, 3.63) is 40.3 Å². The minimum Gasteiger partial charge on any atom is -0.376 e. The molecule has 3 rings (SSSR count). The van der Waals surface area contributed by atoms with Crippen molar-refractivity contribution in [1.82, 2.24) is 19.7 Å². The Kier molecular flexibility index (Phi) is 6.53. The Morgan fingerprint density at radius 3 is 2.75 bits per heavy atom. The van der Waals surface area contributed by atoms with Crippen LogP contribution in [0.25, 0.3) is 0 Å². The number of carbonyl (C=O) groups excluding carboxylic acids is 2. The van der Waals surface area contributed by atoms with Gasteiger partial charge in [0, 0.05) is 32.0 Å². The number of thioether (sulfide) groups is 1. The van der Waals surface area contributed by atoms with E-state index in [0.717, 1.165) is 12.8 Å². The Morgan fingerprint density at radius 2 is 2.11 bits per heavy atom. The van der Waals surface area contributed by atoms with Gasteiger partial charge < -0.3 is 15.0 Å². The number of hydrogen-bond donors (Lipinski definition) is 2. The second-order valence-corrected chi connectivity index (χ2v) is 7.61. The number of benzene rings is 1. The quantitative estimate of drug-likeness (QED) is 0.670. The topological polar surface area (TPSA) is 109 Å². The van der Waals surface area contributed by atoms with Gasteiger partial charge in [-0.1, -0.05) is 11.8 Å². The molecule has 0 radical (unpaired) electrons. The lowest BCUT2D eigenvalue weighted by Crippen LogP contribution is -2.25. The van der Waals surface area contributed by atoms with Crippen LogP contribution in [0, 0.1) is 0 Å². The average molecular weight is 405 g/mol. The first kappa shape index (κ1) is 20.2. The van der Waals surface area contributed by atoms with Crippen molar-refractivity contribution in [2.75, 3.05) is 31.8 Å². The minimum atomic E-state index is -0.306. The Hall–Kier alpha value is -2.59. The molecule has 2 N–H and O–H groups in total. The normalized spacial score (nSPS) is 16.1. The van der Waals surface area contributed by atoms with Crippen molar-refractivity contribution in [1.29, 1.82) is 0 Å². The zero-order valence-corrected chi connectivity index (χ0v) is 16.6. The third kappa shape index (κ3) is 5.02. The molecule has 2 amide bonds. The lowest BCUT2D eigenvalue weighted by Gasteiger charge is -2.11. The first-order valence-corrected chi connectivity index (χ1v) is 9.94. The number of hydrogen-bond acceptors (Lipinski definition) is 6. The van der Waals surface area contributed by atoms with Crippen LogP contribution < -0.4 is 11.0 Å². The van der Waals surface area contributed by atoms with E-state index < -0.39 is 0 Å². The number of nitrogens with zero attached hydrogens (tertiary/aromatic N) is 3. The number of carbonyl (C=O) groups is 2. The number of H-pyrrole nitrogens is 1. The molecule has 1 aromatic heterocycles. The predicted octanol–water partition coefficient (Wildman–Crippen LogP) is 1.18. The summed E-state index contributed by atoms with van der Waals surface area (Å²) >= 11 is 1.18. The van der Waals surface area contributed by atoms with Crippen molar-refractivity contribution < 1.29 is 14.3 Å². The maximum Gasteiger partial charge on any atom is 0.344 e. The van der Waals surface area contributed by atoms with E-state index in [2.05, 4.69) is 15.5 Å². The van der Waals surface area contributed by atoms with Gasteiger partial charge in [0.05, 0.1) is 18.4 Å². The molecule has 10 heteroatoms. The van der Waals surface area contributed by atoms with Gasteiger partial charge in [-0.25, -0.2) is 9.89 Å². The smallest absolute Gasteiger partial charge is 0.344 e. The van der Waals surface area contributed by atoms with Crippen molar-refractivity contribution >= 4 is 29.3 Å². The number of nitrogens with one attached hydrogen (secondary N) is 2. The fourth-order valence-electron chi connectivity index (χ4n) is 2.85. The summed E-state index contributed by atoms with van der Waals surface area (Å²) in [5.74, 6) is -0.222. The molecule has 1 aliphatic rings. The van der Waals surface area contributed by atoms with Crippen LogP contribution in [0.3, 0.4) is 0 Å². The Morgan fingerprint density at radius 1 is 1.36 bits per heavy atom. The van der Waals surface area contributed by atoms with E-state index in [-0.39, 0.29) is 29.4 Å². The number of rotatable bonds is 7. The van der Waals surface area contributed by atoms with Gasteiger partial charge in [-0.3, -0.25) is 14.2 Å². The van der Waals surface area contributed by atoms with Gasteiger partial charge in [0.1, 0.15) is 0 Å². The maximum atomic E-state index is 12.2. The molecule has 150 valence electrons. The molecular formula is C18H23N5O4S. The van der Waals surface area contributed by atoms with Gasteiger partial charge in [0.15, 0.2) is 5.16 Å². The third-order valence-electron chi connectivity index (χ3n) is 4.29. The van der Waals surface area contributed by atoms with Gasteiger partial charge in [0.2, 0.25) is 5.91 Å². The number of aromatic nitrogens is 3. The van der Waals surface area contributed by atoms with Gasteiger partial charge >= 0.3 is 5.69 Å². The lowest BCUT2D eigenvalue weighted by atomic mass is 10.2. The van der Waals surface area contributed by atoms with E-state index in [0.29, 0.717) is 29.6 Å².